The lowest BCUT2D eigenvalue weighted by molar-refractivity contribution is -0.384. The van der Waals surface area contributed by atoms with Gasteiger partial charge in [0, 0.05) is 28.9 Å². The van der Waals surface area contributed by atoms with Crippen LogP contribution in [0.1, 0.15) is 36.7 Å². The minimum atomic E-state index is -0.562. The van der Waals surface area contributed by atoms with Gasteiger partial charge in [0.05, 0.1) is 4.92 Å². The first-order valence-corrected chi connectivity index (χ1v) is 10.9. The quantitative estimate of drug-likeness (QED) is 0.218. The molecule has 0 saturated carbocycles. The molecule has 172 valence electrons. The van der Waals surface area contributed by atoms with Crippen LogP contribution in [0.2, 0.25) is 0 Å². The van der Waals surface area contributed by atoms with Gasteiger partial charge in [-0.15, -0.1) is 0 Å². The van der Waals surface area contributed by atoms with Crippen LogP contribution in [-0.2, 0) is 5.41 Å². The normalized spacial score (nSPS) is 11.3. The largest absolute Gasteiger partial charge is 0.436 e. The summed E-state index contributed by atoms with van der Waals surface area (Å²) in [4.78, 5) is 27.3. The summed E-state index contributed by atoms with van der Waals surface area (Å²) in [7, 11) is 0. The third kappa shape index (κ3) is 5.10. The number of hydrogen-bond donors (Lipinski definition) is 2. The molecule has 9 heteroatoms. The van der Waals surface area contributed by atoms with Crippen LogP contribution in [0.3, 0.4) is 0 Å². The summed E-state index contributed by atoms with van der Waals surface area (Å²) >= 11 is 5.22. The zero-order valence-corrected chi connectivity index (χ0v) is 19.6. The van der Waals surface area contributed by atoms with Gasteiger partial charge in [0.2, 0.25) is 5.89 Å². The highest BCUT2D eigenvalue weighted by molar-refractivity contribution is 7.80. The molecule has 0 aliphatic heterocycles. The fraction of sp³-hybridized carbons (Fsp3) is 0.160. The molecule has 0 aliphatic rings. The highest BCUT2D eigenvalue weighted by Gasteiger charge is 2.16. The predicted molar refractivity (Wildman–Crippen MR) is 135 cm³/mol. The number of nitro groups is 1. The smallest absolute Gasteiger partial charge is 0.270 e. The predicted octanol–water partition coefficient (Wildman–Crippen LogP) is 5.83. The van der Waals surface area contributed by atoms with Crippen molar-refractivity contribution in [2.45, 2.75) is 26.2 Å². The van der Waals surface area contributed by atoms with E-state index in [0.29, 0.717) is 22.7 Å². The number of rotatable bonds is 4. The van der Waals surface area contributed by atoms with Crippen LogP contribution in [0.4, 0.5) is 11.4 Å². The number of benzene rings is 3. The van der Waals surface area contributed by atoms with E-state index < -0.39 is 10.8 Å². The Morgan fingerprint density at radius 3 is 2.47 bits per heavy atom. The van der Waals surface area contributed by atoms with Gasteiger partial charge in [-0.25, -0.2) is 4.98 Å². The lowest BCUT2D eigenvalue weighted by atomic mass is 9.87. The monoisotopic (exact) mass is 474 g/mol. The molecule has 34 heavy (non-hydrogen) atoms. The van der Waals surface area contributed by atoms with Crippen molar-refractivity contribution in [2.24, 2.45) is 0 Å². The van der Waals surface area contributed by atoms with Crippen LogP contribution >= 0.6 is 12.2 Å². The third-order valence-electron chi connectivity index (χ3n) is 5.19. The molecule has 0 spiro atoms. The minimum Gasteiger partial charge on any atom is -0.436 e. The zero-order valence-electron chi connectivity index (χ0n) is 18.8. The molecule has 0 saturated heterocycles. The molecular formula is C25H22N4O4S. The second kappa shape index (κ2) is 9.03. The number of anilines is 1. The van der Waals surface area contributed by atoms with E-state index in [9.17, 15) is 14.9 Å². The number of non-ortho nitro benzene ring substituents is 1. The molecule has 4 aromatic rings. The van der Waals surface area contributed by atoms with Gasteiger partial charge in [0.15, 0.2) is 10.7 Å². The highest BCUT2D eigenvalue weighted by atomic mass is 32.1. The van der Waals surface area contributed by atoms with Gasteiger partial charge < -0.3 is 9.73 Å². The molecule has 0 radical (unpaired) electrons. The lowest BCUT2D eigenvalue weighted by Gasteiger charge is -2.18. The van der Waals surface area contributed by atoms with Crippen molar-refractivity contribution in [3.63, 3.8) is 0 Å². The number of nitrogens with one attached hydrogen (secondary N) is 2. The number of nitro benzene ring substituents is 1. The van der Waals surface area contributed by atoms with E-state index in [1.54, 1.807) is 18.2 Å². The van der Waals surface area contributed by atoms with E-state index in [4.69, 9.17) is 16.6 Å². The zero-order chi connectivity index (χ0) is 24.5. The van der Waals surface area contributed by atoms with Gasteiger partial charge in [-0.05, 0) is 59.6 Å². The van der Waals surface area contributed by atoms with Crippen molar-refractivity contribution in [2.75, 3.05) is 5.32 Å². The average molecular weight is 475 g/mol. The Kier molecular flexibility index (Phi) is 6.12. The fourth-order valence-electron chi connectivity index (χ4n) is 3.34. The molecule has 4 rings (SSSR count). The van der Waals surface area contributed by atoms with Gasteiger partial charge in [-0.3, -0.25) is 20.2 Å². The van der Waals surface area contributed by atoms with E-state index in [-0.39, 0.29) is 21.8 Å². The standard InChI is InChI=1S/C25H22N4O4S/c1-25(2,3)17-9-7-15(8-10-17)23-27-20-14-18(11-12-21(20)33-23)26-24(34)28-22(30)16-5-4-6-19(13-16)29(31)32/h4-14H,1-3H3,(H2,26,28,30,34). The molecule has 0 unspecified atom stereocenters. The molecule has 1 heterocycles. The number of carbonyl (C=O) groups is 1. The van der Waals surface area contributed by atoms with Crippen LogP contribution in [0, 0.1) is 10.1 Å². The maximum atomic E-state index is 12.4. The molecule has 0 atom stereocenters. The van der Waals surface area contributed by atoms with Crippen molar-refractivity contribution in [1.82, 2.24) is 10.3 Å². The molecule has 0 fully saturated rings. The number of carbonyl (C=O) groups excluding carboxylic acids is 1. The SMILES string of the molecule is CC(C)(C)c1ccc(-c2nc3cc(NC(=S)NC(=O)c4cccc([N+](=O)[O-])c4)ccc3o2)cc1. The number of fused-ring (bicyclic) bond motifs is 1. The number of oxazole rings is 1. The van der Waals surface area contributed by atoms with E-state index >= 15 is 0 Å². The van der Waals surface area contributed by atoms with Gasteiger partial charge in [-0.2, -0.15) is 0 Å². The summed E-state index contributed by atoms with van der Waals surface area (Å²) in [6.07, 6.45) is 0. The molecule has 1 amide bonds. The Morgan fingerprint density at radius 2 is 1.79 bits per heavy atom. The Labute approximate surface area is 201 Å². The second-order valence-corrected chi connectivity index (χ2v) is 9.15. The van der Waals surface area contributed by atoms with Gasteiger partial charge >= 0.3 is 0 Å². The van der Waals surface area contributed by atoms with Gasteiger partial charge in [0.1, 0.15) is 5.52 Å². The molecule has 0 aliphatic carbocycles. The number of nitrogens with zero attached hydrogens (tertiary/aromatic N) is 2. The summed E-state index contributed by atoms with van der Waals surface area (Å²) < 4.78 is 5.90. The Hall–Kier alpha value is -4.11. The molecule has 1 aromatic heterocycles. The Bertz CT molecular complexity index is 1400. The Morgan fingerprint density at radius 1 is 1.06 bits per heavy atom. The van der Waals surface area contributed by atoms with Crippen molar-refractivity contribution in [1.29, 1.82) is 0 Å². The minimum absolute atomic E-state index is 0.0531. The number of hydrogen-bond acceptors (Lipinski definition) is 6. The third-order valence-corrected chi connectivity index (χ3v) is 5.39. The molecule has 2 N–H and O–H groups in total. The van der Waals surface area contributed by atoms with Crippen molar-refractivity contribution in [3.05, 3.63) is 88.0 Å². The first-order chi connectivity index (χ1) is 16.1. The first kappa shape index (κ1) is 23.1. The van der Waals surface area contributed by atoms with Crippen molar-refractivity contribution >= 4 is 45.7 Å². The Balaban J connectivity index is 1.47. The lowest BCUT2D eigenvalue weighted by Crippen LogP contribution is -2.34. The van der Waals surface area contributed by atoms with Crippen molar-refractivity contribution < 1.29 is 14.1 Å². The maximum absolute atomic E-state index is 12.4. The molecular weight excluding hydrogens is 452 g/mol. The van der Waals surface area contributed by atoms with Gasteiger partial charge in [0.25, 0.3) is 11.6 Å². The maximum Gasteiger partial charge on any atom is 0.270 e. The topological polar surface area (TPSA) is 110 Å². The highest BCUT2D eigenvalue weighted by Crippen LogP contribution is 2.29. The molecule has 3 aromatic carbocycles. The molecule has 8 nitrogen and oxygen atoms in total. The van der Waals surface area contributed by atoms with E-state index in [2.05, 4.69) is 48.5 Å². The second-order valence-electron chi connectivity index (χ2n) is 8.74. The van der Waals surface area contributed by atoms with Crippen molar-refractivity contribution in [3.8, 4) is 11.5 Å². The fourth-order valence-corrected chi connectivity index (χ4v) is 3.55. The summed E-state index contributed by atoms with van der Waals surface area (Å²) in [5.41, 5.74) is 3.97. The van der Waals surface area contributed by atoms with Crippen LogP contribution < -0.4 is 10.6 Å². The van der Waals surface area contributed by atoms with Crippen LogP contribution in [-0.4, -0.2) is 20.9 Å². The molecule has 0 bridgehead atoms. The number of thiocarbonyl (C=S) groups is 1. The van der Waals surface area contributed by atoms with Crippen LogP contribution in [0.5, 0.6) is 0 Å². The number of aromatic nitrogens is 1. The summed E-state index contributed by atoms with van der Waals surface area (Å²) in [5, 5.41) is 16.4. The number of amides is 1. The summed E-state index contributed by atoms with van der Waals surface area (Å²) in [5.74, 6) is -0.0427. The van der Waals surface area contributed by atoms with E-state index in [1.165, 1.54) is 29.8 Å². The average Bonchev–Trinajstić information content (AvgIpc) is 3.22. The first-order valence-electron chi connectivity index (χ1n) is 10.5. The van der Waals surface area contributed by atoms with Crippen LogP contribution in [0.15, 0.2) is 71.1 Å². The summed E-state index contributed by atoms with van der Waals surface area (Å²) in [6, 6.07) is 18.8. The summed E-state index contributed by atoms with van der Waals surface area (Å²) in [6.45, 7) is 6.48. The van der Waals surface area contributed by atoms with E-state index in [1.807, 2.05) is 12.1 Å². The van der Waals surface area contributed by atoms with Crippen LogP contribution in [0.25, 0.3) is 22.6 Å². The van der Waals surface area contributed by atoms with E-state index in [0.717, 1.165) is 5.56 Å². The van der Waals surface area contributed by atoms with Gasteiger partial charge in [-0.1, -0.05) is 39.0 Å².